The van der Waals surface area contributed by atoms with Crippen molar-refractivity contribution in [2.75, 3.05) is 12.3 Å². The molecule has 1 aromatic heterocycles. The largest absolute Gasteiger partial charge is 0.398 e. The molecule has 0 aliphatic carbocycles. The lowest BCUT2D eigenvalue weighted by molar-refractivity contribution is 0.391. The van der Waals surface area contributed by atoms with Crippen LogP contribution in [0.4, 0.5) is 5.69 Å². The fourth-order valence-corrected chi connectivity index (χ4v) is 4.66. The van der Waals surface area contributed by atoms with E-state index in [1.165, 1.54) is 6.07 Å². The average molecular weight is 370 g/mol. The number of nitrogens with one attached hydrogen (secondary N) is 1. The monoisotopic (exact) mass is 369 g/mol. The van der Waals surface area contributed by atoms with E-state index in [-0.39, 0.29) is 10.9 Å². The number of aromatic amines is 1. The second-order valence-electron chi connectivity index (χ2n) is 5.08. The van der Waals surface area contributed by atoms with E-state index in [0.717, 1.165) is 18.5 Å². The number of H-pyrrole nitrogens is 1. The third kappa shape index (κ3) is 2.61. The summed E-state index contributed by atoms with van der Waals surface area (Å²) in [6.07, 6.45) is 3.50. The molecule has 0 bridgehead atoms. The molecule has 7 heteroatoms. The van der Waals surface area contributed by atoms with E-state index in [9.17, 15) is 8.42 Å². The molecule has 3 rings (SSSR count). The number of sulfonamides is 1. The molecule has 3 N–H and O–H groups in total. The predicted octanol–water partition coefficient (Wildman–Crippen LogP) is 2.89. The van der Waals surface area contributed by atoms with Gasteiger partial charge in [0, 0.05) is 28.6 Å². The number of hydrogen-bond donors (Lipinski definition) is 2. The molecule has 0 radical (unpaired) electrons. The first-order valence-electron chi connectivity index (χ1n) is 6.70. The topological polar surface area (TPSA) is 79.2 Å². The summed E-state index contributed by atoms with van der Waals surface area (Å²) in [6.45, 7) is 0.530. The fraction of sp³-hybridized carbons (Fsp3) is 0.286. The van der Waals surface area contributed by atoms with Gasteiger partial charge >= 0.3 is 0 Å². The zero-order valence-electron chi connectivity index (χ0n) is 11.3. The fourth-order valence-electron chi connectivity index (χ4n) is 2.71. The molecule has 2 aromatic rings. The van der Waals surface area contributed by atoms with Gasteiger partial charge in [-0.15, -0.1) is 0 Å². The molecule has 0 saturated carbocycles. The van der Waals surface area contributed by atoms with Crippen molar-refractivity contribution in [3.05, 3.63) is 46.7 Å². The second kappa shape index (κ2) is 5.47. The minimum Gasteiger partial charge on any atom is -0.398 e. The summed E-state index contributed by atoms with van der Waals surface area (Å²) in [7, 11) is -3.54. The van der Waals surface area contributed by atoms with Crippen LogP contribution in [0, 0.1) is 0 Å². The smallest absolute Gasteiger partial charge is 0.243 e. The Morgan fingerprint density at radius 2 is 2.14 bits per heavy atom. The van der Waals surface area contributed by atoms with Crippen LogP contribution in [-0.4, -0.2) is 24.3 Å². The molecule has 1 aromatic carbocycles. The summed E-state index contributed by atoms with van der Waals surface area (Å²) in [5, 5.41) is 0. The van der Waals surface area contributed by atoms with Crippen LogP contribution < -0.4 is 5.73 Å². The van der Waals surface area contributed by atoms with Crippen LogP contribution >= 0.6 is 15.9 Å². The number of nitrogens with zero attached hydrogens (tertiary/aromatic N) is 1. The van der Waals surface area contributed by atoms with Crippen LogP contribution in [0.25, 0.3) is 0 Å². The first-order valence-corrected chi connectivity index (χ1v) is 8.93. The van der Waals surface area contributed by atoms with Gasteiger partial charge in [-0.3, -0.25) is 0 Å². The highest BCUT2D eigenvalue weighted by molar-refractivity contribution is 9.10. The van der Waals surface area contributed by atoms with Gasteiger partial charge in [0.25, 0.3) is 0 Å². The third-order valence-corrected chi connectivity index (χ3v) is 6.39. The maximum absolute atomic E-state index is 12.8. The Morgan fingerprint density at radius 3 is 2.81 bits per heavy atom. The van der Waals surface area contributed by atoms with E-state index in [4.69, 9.17) is 5.73 Å². The molecule has 0 amide bonds. The Morgan fingerprint density at radius 1 is 1.33 bits per heavy atom. The molecule has 5 nitrogen and oxygen atoms in total. The highest BCUT2D eigenvalue weighted by Crippen LogP contribution is 2.36. The average Bonchev–Trinajstić information content (AvgIpc) is 3.11. The third-order valence-electron chi connectivity index (χ3n) is 3.76. The Balaban J connectivity index is 1.99. The first-order chi connectivity index (χ1) is 10.00. The molecular weight excluding hydrogens is 354 g/mol. The zero-order valence-corrected chi connectivity index (χ0v) is 13.7. The molecule has 21 heavy (non-hydrogen) atoms. The van der Waals surface area contributed by atoms with E-state index in [0.29, 0.717) is 16.7 Å². The molecule has 1 atom stereocenters. The van der Waals surface area contributed by atoms with Crippen molar-refractivity contribution in [1.82, 2.24) is 9.29 Å². The van der Waals surface area contributed by atoms with Crippen molar-refractivity contribution < 1.29 is 8.42 Å². The number of benzene rings is 1. The van der Waals surface area contributed by atoms with Crippen LogP contribution in [0.15, 0.2) is 45.9 Å². The number of nitrogen functional groups attached to an aromatic ring is 1. The van der Waals surface area contributed by atoms with Crippen LogP contribution in [-0.2, 0) is 10.0 Å². The minimum atomic E-state index is -3.54. The second-order valence-corrected chi connectivity index (χ2v) is 7.83. The number of nitrogens with two attached hydrogens (primary N) is 1. The van der Waals surface area contributed by atoms with Gasteiger partial charge in [-0.1, -0.05) is 0 Å². The molecule has 1 unspecified atom stereocenters. The Kier molecular flexibility index (Phi) is 3.81. The summed E-state index contributed by atoms with van der Waals surface area (Å²) < 4.78 is 27.9. The van der Waals surface area contributed by atoms with Gasteiger partial charge in [0.2, 0.25) is 10.0 Å². The normalized spacial score (nSPS) is 20.0. The molecule has 1 fully saturated rings. The van der Waals surface area contributed by atoms with Crippen LogP contribution in [0.5, 0.6) is 0 Å². The Bertz CT molecular complexity index is 744. The lowest BCUT2D eigenvalue weighted by Crippen LogP contribution is -2.30. The van der Waals surface area contributed by atoms with E-state index in [1.807, 2.05) is 18.3 Å². The number of rotatable bonds is 3. The highest BCUT2D eigenvalue weighted by atomic mass is 79.9. The number of anilines is 1. The summed E-state index contributed by atoms with van der Waals surface area (Å²) in [4.78, 5) is 3.35. The van der Waals surface area contributed by atoms with Crippen molar-refractivity contribution in [3.63, 3.8) is 0 Å². The maximum atomic E-state index is 12.8. The van der Waals surface area contributed by atoms with Gasteiger partial charge < -0.3 is 10.7 Å². The zero-order chi connectivity index (χ0) is 15.0. The van der Waals surface area contributed by atoms with Gasteiger partial charge in [0.05, 0.1) is 10.9 Å². The summed E-state index contributed by atoms with van der Waals surface area (Å²) >= 11 is 3.28. The van der Waals surface area contributed by atoms with Crippen molar-refractivity contribution >= 4 is 31.6 Å². The van der Waals surface area contributed by atoms with Gasteiger partial charge in [0.1, 0.15) is 0 Å². The molecule has 112 valence electrons. The summed E-state index contributed by atoms with van der Waals surface area (Å²) in [6, 6.07) is 8.44. The van der Waals surface area contributed by atoms with Crippen molar-refractivity contribution in [2.24, 2.45) is 0 Å². The van der Waals surface area contributed by atoms with Gasteiger partial charge in [-0.2, -0.15) is 4.31 Å². The summed E-state index contributed by atoms with van der Waals surface area (Å²) in [5.41, 5.74) is 7.16. The van der Waals surface area contributed by atoms with Gasteiger partial charge in [-0.25, -0.2) is 8.42 Å². The molecule has 2 heterocycles. The van der Waals surface area contributed by atoms with Gasteiger partial charge in [-0.05, 0) is 59.1 Å². The van der Waals surface area contributed by atoms with Crippen molar-refractivity contribution in [2.45, 2.75) is 23.8 Å². The number of halogens is 1. The molecule has 1 saturated heterocycles. The molecule has 0 spiro atoms. The van der Waals surface area contributed by atoms with E-state index >= 15 is 0 Å². The lowest BCUT2D eigenvalue weighted by Gasteiger charge is -2.23. The van der Waals surface area contributed by atoms with Crippen molar-refractivity contribution in [3.8, 4) is 0 Å². The summed E-state index contributed by atoms with van der Waals surface area (Å²) in [5.74, 6) is 0. The van der Waals surface area contributed by atoms with E-state index < -0.39 is 10.0 Å². The Hall–Kier alpha value is -1.31. The number of aromatic nitrogens is 1. The number of hydrogen-bond acceptors (Lipinski definition) is 3. The first kappa shape index (κ1) is 14.6. The Labute approximate surface area is 132 Å². The molecular formula is C14H16BrN3O2S. The minimum absolute atomic E-state index is 0.130. The predicted molar refractivity (Wildman–Crippen MR) is 85.2 cm³/mol. The van der Waals surface area contributed by atoms with Crippen LogP contribution in [0.1, 0.15) is 24.6 Å². The standard InChI is InChI=1S/C14H16BrN3O2S/c15-11-6-5-10(9-12(11)16)21(19,20)18-8-2-4-14(18)13-3-1-7-17-13/h1,3,5-7,9,14,17H,2,4,8,16H2. The van der Waals surface area contributed by atoms with E-state index in [1.54, 1.807) is 16.4 Å². The quantitative estimate of drug-likeness (QED) is 0.816. The molecule has 1 aliphatic heterocycles. The lowest BCUT2D eigenvalue weighted by atomic mass is 10.2. The SMILES string of the molecule is Nc1cc(S(=O)(=O)N2CCCC2c2ccc[nH]2)ccc1Br. The molecule has 1 aliphatic rings. The van der Waals surface area contributed by atoms with Gasteiger partial charge in [0.15, 0.2) is 0 Å². The van der Waals surface area contributed by atoms with Crippen LogP contribution in [0.2, 0.25) is 0 Å². The maximum Gasteiger partial charge on any atom is 0.243 e. The van der Waals surface area contributed by atoms with Crippen LogP contribution in [0.3, 0.4) is 0 Å². The highest BCUT2D eigenvalue weighted by Gasteiger charge is 2.36. The van der Waals surface area contributed by atoms with E-state index in [2.05, 4.69) is 20.9 Å². The van der Waals surface area contributed by atoms with Crippen molar-refractivity contribution in [1.29, 1.82) is 0 Å².